The molecule has 0 aliphatic rings. The Balaban J connectivity index is 1.89. The molecule has 0 fully saturated rings. The number of fused-ring (bicyclic) bond motifs is 1. The second kappa shape index (κ2) is 7.37. The van der Waals surface area contributed by atoms with Gasteiger partial charge in [-0.3, -0.25) is 5.32 Å². The number of carbonyl (C=O) groups is 1. The molecule has 0 aliphatic carbocycles. The Kier molecular flexibility index (Phi) is 5.15. The summed E-state index contributed by atoms with van der Waals surface area (Å²) in [5.41, 5.74) is 2.02. The van der Waals surface area contributed by atoms with Gasteiger partial charge in [-0.25, -0.2) is 9.78 Å². The molecule has 0 radical (unpaired) electrons. The van der Waals surface area contributed by atoms with Crippen molar-refractivity contribution in [2.24, 2.45) is 0 Å². The Morgan fingerprint density at radius 2 is 1.81 bits per heavy atom. The minimum Gasteiger partial charge on any atom is -0.444 e. The summed E-state index contributed by atoms with van der Waals surface area (Å²) in [5, 5.41) is 15.7. The summed E-state index contributed by atoms with van der Waals surface area (Å²) >= 11 is 0. The quantitative estimate of drug-likeness (QED) is 0.688. The Morgan fingerprint density at radius 3 is 2.52 bits per heavy atom. The van der Waals surface area contributed by atoms with Gasteiger partial charge < -0.3 is 9.84 Å². The highest BCUT2D eigenvalue weighted by Gasteiger charge is 2.18. The summed E-state index contributed by atoms with van der Waals surface area (Å²) in [6, 6.07) is 15.3. The van der Waals surface area contributed by atoms with E-state index < -0.39 is 17.8 Å². The van der Waals surface area contributed by atoms with Crippen LogP contribution in [0.2, 0.25) is 0 Å². The summed E-state index contributed by atoms with van der Waals surface area (Å²) in [7, 11) is 0. The molecule has 1 unspecified atom stereocenters. The number of aliphatic hydroxyl groups is 1. The number of nitrogens with one attached hydrogen (secondary N) is 1. The maximum absolute atomic E-state index is 12.0. The van der Waals surface area contributed by atoms with Gasteiger partial charge >= 0.3 is 6.09 Å². The van der Waals surface area contributed by atoms with Gasteiger partial charge in [0.15, 0.2) is 0 Å². The third kappa shape index (κ3) is 4.44. The van der Waals surface area contributed by atoms with Crippen LogP contribution in [0.3, 0.4) is 0 Å². The second-order valence-electron chi connectivity index (χ2n) is 7.52. The molecule has 5 nitrogen and oxygen atoms in total. The smallest absolute Gasteiger partial charge is 0.413 e. The van der Waals surface area contributed by atoms with E-state index in [1.54, 1.807) is 39.1 Å². The fraction of sp³-hybridized carbons (Fsp3) is 0.273. The molecule has 0 saturated carbocycles. The summed E-state index contributed by atoms with van der Waals surface area (Å²) in [5.74, 6) is 0.331. The van der Waals surface area contributed by atoms with Crippen LogP contribution in [0, 0.1) is 6.92 Å². The van der Waals surface area contributed by atoms with E-state index in [9.17, 15) is 9.90 Å². The first-order valence-corrected chi connectivity index (χ1v) is 8.87. The number of aliphatic hydroxyl groups excluding tert-OH is 1. The van der Waals surface area contributed by atoms with E-state index in [2.05, 4.69) is 10.3 Å². The fourth-order valence-electron chi connectivity index (χ4n) is 2.98. The number of hydrogen-bond acceptors (Lipinski definition) is 4. The number of anilines is 1. The molecule has 1 amide bonds. The highest BCUT2D eigenvalue weighted by atomic mass is 16.6. The van der Waals surface area contributed by atoms with Crippen molar-refractivity contribution in [3.63, 3.8) is 0 Å². The lowest BCUT2D eigenvalue weighted by atomic mass is 9.94. The molecule has 1 atom stereocenters. The molecule has 3 rings (SSSR count). The Bertz CT molecular complexity index is 977. The van der Waals surface area contributed by atoms with Gasteiger partial charge in [0, 0.05) is 6.20 Å². The van der Waals surface area contributed by atoms with Gasteiger partial charge in [-0.15, -0.1) is 0 Å². The molecule has 0 aliphatic heterocycles. The van der Waals surface area contributed by atoms with E-state index in [-0.39, 0.29) is 0 Å². The average Bonchev–Trinajstić information content (AvgIpc) is 2.60. The van der Waals surface area contributed by atoms with E-state index in [1.165, 1.54) is 0 Å². The van der Waals surface area contributed by atoms with E-state index >= 15 is 0 Å². The number of carbonyl (C=O) groups excluding carboxylic acids is 1. The van der Waals surface area contributed by atoms with Crippen molar-refractivity contribution < 1.29 is 14.6 Å². The number of hydrogen-bond donors (Lipinski definition) is 2. The molecule has 1 aromatic heterocycles. The third-order valence-corrected chi connectivity index (χ3v) is 4.20. The number of benzene rings is 2. The number of rotatable bonds is 3. The number of aryl methyl sites for hydroxylation is 1. The largest absolute Gasteiger partial charge is 0.444 e. The van der Waals surface area contributed by atoms with Crippen LogP contribution in [0.5, 0.6) is 0 Å². The number of nitrogens with zero attached hydrogens (tertiary/aromatic N) is 1. The SMILES string of the molecule is Cc1ccc(C(O)c2ccnc(NC(=O)OC(C)(C)C)c2)c2ccccc12. The molecule has 0 saturated heterocycles. The predicted octanol–water partition coefficient (Wildman–Crippen LogP) is 4.97. The van der Waals surface area contributed by atoms with Gasteiger partial charge in [0.1, 0.15) is 17.5 Å². The van der Waals surface area contributed by atoms with Crippen molar-refractivity contribution in [1.82, 2.24) is 4.98 Å². The Morgan fingerprint density at radius 1 is 1.11 bits per heavy atom. The summed E-state index contributed by atoms with van der Waals surface area (Å²) in [6.07, 6.45) is 0.141. The molecule has 2 aromatic carbocycles. The van der Waals surface area contributed by atoms with Crippen LogP contribution in [0.25, 0.3) is 10.8 Å². The van der Waals surface area contributed by atoms with Crippen LogP contribution < -0.4 is 5.32 Å². The summed E-state index contributed by atoms with van der Waals surface area (Å²) in [6.45, 7) is 7.43. The van der Waals surface area contributed by atoms with Crippen molar-refractivity contribution in [3.05, 3.63) is 71.4 Å². The lowest BCUT2D eigenvalue weighted by molar-refractivity contribution is 0.0635. The first kappa shape index (κ1) is 18.9. The number of aromatic nitrogens is 1. The predicted molar refractivity (Wildman–Crippen MR) is 107 cm³/mol. The summed E-state index contributed by atoms with van der Waals surface area (Å²) < 4.78 is 5.24. The van der Waals surface area contributed by atoms with Crippen molar-refractivity contribution >= 4 is 22.7 Å². The molecule has 140 valence electrons. The maximum Gasteiger partial charge on any atom is 0.413 e. The summed E-state index contributed by atoms with van der Waals surface area (Å²) in [4.78, 5) is 16.1. The monoisotopic (exact) mass is 364 g/mol. The molecular formula is C22H24N2O3. The number of pyridine rings is 1. The lowest BCUT2D eigenvalue weighted by Crippen LogP contribution is -2.27. The topological polar surface area (TPSA) is 71.5 Å². The second-order valence-corrected chi connectivity index (χ2v) is 7.52. The first-order valence-electron chi connectivity index (χ1n) is 8.87. The lowest BCUT2D eigenvalue weighted by Gasteiger charge is -2.20. The highest BCUT2D eigenvalue weighted by molar-refractivity contribution is 5.89. The van der Waals surface area contributed by atoms with Gasteiger partial charge in [-0.05, 0) is 67.3 Å². The van der Waals surface area contributed by atoms with E-state index in [0.29, 0.717) is 11.4 Å². The minimum absolute atomic E-state index is 0.331. The average molecular weight is 364 g/mol. The standard InChI is InChI=1S/C22H24N2O3/c1-14-9-10-18(17-8-6-5-7-16(14)17)20(25)15-11-12-23-19(13-15)24-21(26)27-22(2,3)4/h5-13,20,25H,1-4H3,(H,23,24,26). The Labute approximate surface area is 159 Å². The Hall–Kier alpha value is -2.92. The molecule has 1 heterocycles. The zero-order chi connectivity index (χ0) is 19.6. The molecule has 0 bridgehead atoms. The molecule has 3 aromatic rings. The molecule has 2 N–H and O–H groups in total. The zero-order valence-electron chi connectivity index (χ0n) is 16.0. The van der Waals surface area contributed by atoms with Crippen molar-refractivity contribution in [2.45, 2.75) is 39.4 Å². The normalized spacial score (nSPS) is 12.6. The highest BCUT2D eigenvalue weighted by Crippen LogP contribution is 2.31. The molecule has 0 spiro atoms. The zero-order valence-corrected chi connectivity index (χ0v) is 16.0. The maximum atomic E-state index is 12.0. The van der Waals surface area contributed by atoms with E-state index in [0.717, 1.165) is 21.9 Å². The van der Waals surface area contributed by atoms with Crippen LogP contribution in [0.4, 0.5) is 10.6 Å². The molecule has 27 heavy (non-hydrogen) atoms. The van der Waals surface area contributed by atoms with Crippen LogP contribution in [-0.2, 0) is 4.74 Å². The van der Waals surface area contributed by atoms with Crippen molar-refractivity contribution in [3.8, 4) is 0 Å². The third-order valence-electron chi connectivity index (χ3n) is 4.20. The molecular weight excluding hydrogens is 340 g/mol. The van der Waals surface area contributed by atoms with Gasteiger partial charge in [-0.2, -0.15) is 0 Å². The van der Waals surface area contributed by atoms with Crippen molar-refractivity contribution in [2.75, 3.05) is 5.32 Å². The van der Waals surface area contributed by atoms with Crippen molar-refractivity contribution in [1.29, 1.82) is 0 Å². The van der Waals surface area contributed by atoms with E-state index in [1.807, 2.05) is 43.3 Å². The van der Waals surface area contributed by atoms with Crippen LogP contribution >= 0.6 is 0 Å². The van der Waals surface area contributed by atoms with Crippen LogP contribution in [0.1, 0.15) is 43.6 Å². The van der Waals surface area contributed by atoms with E-state index in [4.69, 9.17) is 4.74 Å². The van der Waals surface area contributed by atoms with Crippen LogP contribution in [0.15, 0.2) is 54.7 Å². The van der Waals surface area contributed by atoms with Gasteiger partial charge in [0.05, 0.1) is 0 Å². The number of ether oxygens (including phenoxy) is 1. The van der Waals surface area contributed by atoms with Gasteiger partial charge in [0.25, 0.3) is 0 Å². The minimum atomic E-state index is -0.835. The first-order chi connectivity index (χ1) is 12.7. The van der Waals surface area contributed by atoms with Gasteiger partial charge in [0.2, 0.25) is 0 Å². The molecule has 5 heteroatoms. The number of amides is 1. The van der Waals surface area contributed by atoms with Crippen LogP contribution in [-0.4, -0.2) is 21.8 Å². The van der Waals surface area contributed by atoms with Gasteiger partial charge in [-0.1, -0.05) is 36.4 Å². The fourth-order valence-corrected chi connectivity index (χ4v) is 2.98.